The van der Waals surface area contributed by atoms with Gasteiger partial charge in [0, 0.05) is 22.6 Å². The van der Waals surface area contributed by atoms with Crippen LogP contribution in [0.5, 0.6) is 0 Å². The zero-order valence-electron chi connectivity index (χ0n) is 10.5. The topological polar surface area (TPSA) is 103 Å². The summed E-state index contributed by atoms with van der Waals surface area (Å²) >= 11 is 0.853. The highest BCUT2D eigenvalue weighted by molar-refractivity contribution is 8.14. The van der Waals surface area contributed by atoms with Gasteiger partial charge in [0.25, 0.3) is 11.4 Å². The zero-order chi connectivity index (χ0) is 15.4. The summed E-state index contributed by atoms with van der Waals surface area (Å²) in [5.41, 5.74) is -1.05. The lowest BCUT2D eigenvalue weighted by atomic mass is 10.2. The lowest BCUT2D eigenvalue weighted by Gasteiger charge is -2.01. The van der Waals surface area contributed by atoms with Crippen LogP contribution in [0.4, 0.5) is 11.4 Å². The number of carbonyl (C=O) groups is 1. The van der Waals surface area contributed by atoms with Crippen molar-refractivity contribution >= 4 is 28.3 Å². The molecule has 0 fully saturated rings. The lowest BCUT2D eigenvalue weighted by Crippen LogP contribution is -1.99. The fourth-order valence-electron chi connectivity index (χ4n) is 1.58. The van der Waals surface area contributed by atoms with Crippen molar-refractivity contribution in [3.63, 3.8) is 0 Å². The van der Waals surface area contributed by atoms with Crippen LogP contribution in [-0.4, -0.2) is 15.0 Å². The highest BCUT2D eigenvalue weighted by atomic mass is 32.2. The summed E-state index contributed by atoms with van der Waals surface area (Å²) < 4.78 is 0. The molecule has 0 bridgehead atoms. The second-order valence-electron chi connectivity index (χ2n) is 3.95. The molecule has 2 aromatic rings. The molecule has 0 saturated carbocycles. The zero-order valence-corrected chi connectivity index (χ0v) is 11.3. The van der Waals surface area contributed by atoms with Crippen molar-refractivity contribution in [3.05, 3.63) is 74.3 Å². The van der Waals surface area contributed by atoms with Crippen LogP contribution in [0.15, 0.2) is 53.4 Å². The van der Waals surface area contributed by atoms with Crippen LogP contribution in [-0.2, 0) is 0 Å². The number of nitrogens with zero attached hydrogens (tertiary/aromatic N) is 2. The first-order valence-corrected chi connectivity index (χ1v) is 6.50. The Morgan fingerprint density at radius 2 is 1.43 bits per heavy atom. The molecule has 8 heteroatoms. The monoisotopic (exact) mass is 304 g/mol. The molecule has 0 amide bonds. The molecule has 2 rings (SSSR count). The summed E-state index contributed by atoms with van der Waals surface area (Å²) in [6.07, 6.45) is 0. The number of hydrogen-bond donors (Lipinski definition) is 0. The molecular weight excluding hydrogens is 296 g/mol. The summed E-state index contributed by atoms with van der Waals surface area (Å²) in [4.78, 5) is 32.7. The number of non-ortho nitro benzene ring substituents is 2. The Morgan fingerprint density at radius 3 is 1.90 bits per heavy atom. The SMILES string of the molecule is O=C(Sc1ccccc1)c1cc([N+](=O)[O-])cc([N+](=O)[O-])c1. The highest BCUT2D eigenvalue weighted by Gasteiger charge is 2.20. The van der Waals surface area contributed by atoms with Crippen molar-refractivity contribution in [2.24, 2.45) is 0 Å². The van der Waals surface area contributed by atoms with Crippen molar-refractivity contribution in [3.8, 4) is 0 Å². The van der Waals surface area contributed by atoms with Gasteiger partial charge in [-0.05, 0) is 23.9 Å². The first-order chi connectivity index (χ1) is 9.97. The molecule has 0 unspecified atom stereocenters. The van der Waals surface area contributed by atoms with Crippen LogP contribution >= 0.6 is 11.8 Å². The molecule has 0 aliphatic rings. The molecule has 0 N–H and O–H groups in total. The van der Waals surface area contributed by atoms with E-state index in [2.05, 4.69) is 0 Å². The number of benzene rings is 2. The van der Waals surface area contributed by atoms with Gasteiger partial charge in [0.05, 0.1) is 15.9 Å². The number of hydrogen-bond acceptors (Lipinski definition) is 6. The van der Waals surface area contributed by atoms with Gasteiger partial charge in [-0.1, -0.05) is 18.2 Å². The van der Waals surface area contributed by atoms with Gasteiger partial charge in [0.15, 0.2) is 0 Å². The van der Waals surface area contributed by atoms with Crippen molar-refractivity contribution < 1.29 is 14.6 Å². The first kappa shape index (κ1) is 14.7. The molecule has 106 valence electrons. The number of nitro benzene ring substituents is 2. The van der Waals surface area contributed by atoms with Gasteiger partial charge < -0.3 is 0 Å². The summed E-state index contributed by atoms with van der Waals surface area (Å²) in [6.45, 7) is 0. The smallest absolute Gasteiger partial charge is 0.277 e. The predicted octanol–water partition coefficient (Wildman–Crippen LogP) is 3.44. The van der Waals surface area contributed by atoms with Gasteiger partial charge in [-0.2, -0.15) is 0 Å². The van der Waals surface area contributed by atoms with Gasteiger partial charge >= 0.3 is 0 Å². The third-order valence-electron chi connectivity index (χ3n) is 2.51. The van der Waals surface area contributed by atoms with E-state index in [1.807, 2.05) is 0 Å². The third-order valence-corrected chi connectivity index (χ3v) is 3.44. The molecule has 0 atom stereocenters. The van der Waals surface area contributed by atoms with E-state index in [1.165, 1.54) is 0 Å². The van der Waals surface area contributed by atoms with E-state index in [-0.39, 0.29) is 5.56 Å². The molecule has 0 spiro atoms. The van der Waals surface area contributed by atoms with Gasteiger partial charge in [-0.3, -0.25) is 25.0 Å². The molecule has 0 aliphatic heterocycles. The van der Waals surface area contributed by atoms with E-state index in [0.717, 1.165) is 30.0 Å². The molecule has 7 nitrogen and oxygen atoms in total. The van der Waals surface area contributed by atoms with E-state index < -0.39 is 26.3 Å². The molecule has 0 saturated heterocycles. The molecule has 2 aromatic carbocycles. The average Bonchev–Trinajstić information content (AvgIpc) is 2.47. The Hall–Kier alpha value is -2.74. The standard InChI is InChI=1S/C13H8N2O5S/c16-13(21-12-4-2-1-3-5-12)9-6-10(14(17)18)8-11(7-9)15(19)20/h1-8H. The Morgan fingerprint density at radius 1 is 0.905 bits per heavy atom. The van der Waals surface area contributed by atoms with Gasteiger partial charge in [0.1, 0.15) is 0 Å². The van der Waals surface area contributed by atoms with Gasteiger partial charge in [-0.15, -0.1) is 0 Å². The van der Waals surface area contributed by atoms with E-state index in [1.54, 1.807) is 30.3 Å². The predicted molar refractivity (Wildman–Crippen MR) is 76.4 cm³/mol. The fraction of sp³-hybridized carbons (Fsp3) is 0. The van der Waals surface area contributed by atoms with E-state index in [4.69, 9.17) is 0 Å². The van der Waals surface area contributed by atoms with Crippen LogP contribution in [0.25, 0.3) is 0 Å². The maximum absolute atomic E-state index is 12.1. The Balaban J connectivity index is 2.36. The van der Waals surface area contributed by atoms with E-state index in [0.29, 0.717) is 4.90 Å². The minimum atomic E-state index is -0.767. The highest BCUT2D eigenvalue weighted by Crippen LogP contribution is 2.28. The fourth-order valence-corrected chi connectivity index (χ4v) is 2.32. The first-order valence-electron chi connectivity index (χ1n) is 5.68. The summed E-state index contributed by atoms with van der Waals surface area (Å²) in [6, 6.07) is 11.6. The summed E-state index contributed by atoms with van der Waals surface area (Å²) in [7, 11) is 0. The molecule has 0 radical (unpaired) electrons. The van der Waals surface area contributed by atoms with Crippen molar-refractivity contribution in [1.82, 2.24) is 0 Å². The average molecular weight is 304 g/mol. The van der Waals surface area contributed by atoms with Crippen LogP contribution in [0.1, 0.15) is 10.4 Å². The Labute approximate surface area is 122 Å². The number of nitro groups is 2. The Bertz CT molecular complexity index is 686. The second kappa shape index (κ2) is 6.14. The van der Waals surface area contributed by atoms with Crippen molar-refractivity contribution in [2.45, 2.75) is 4.90 Å². The summed E-state index contributed by atoms with van der Waals surface area (Å²) in [5.74, 6) is 0. The quantitative estimate of drug-likeness (QED) is 0.487. The number of rotatable bonds is 4. The third kappa shape index (κ3) is 3.63. The molecule has 0 heterocycles. The van der Waals surface area contributed by atoms with E-state index in [9.17, 15) is 25.0 Å². The molecule has 21 heavy (non-hydrogen) atoms. The maximum Gasteiger partial charge on any atom is 0.277 e. The van der Waals surface area contributed by atoms with Crippen LogP contribution in [0.2, 0.25) is 0 Å². The molecule has 0 aromatic heterocycles. The minimum Gasteiger partial charge on any atom is -0.281 e. The molecule has 0 aliphatic carbocycles. The second-order valence-corrected chi connectivity index (χ2v) is 5.00. The number of carbonyl (C=O) groups excluding carboxylic acids is 1. The Kier molecular flexibility index (Phi) is 4.29. The van der Waals surface area contributed by atoms with Gasteiger partial charge in [0.2, 0.25) is 5.12 Å². The van der Waals surface area contributed by atoms with Gasteiger partial charge in [-0.25, -0.2) is 0 Å². The normalized spacial score (nSPS) is 10.1. The molecular formula is C13H8N2O5S. The van der Waals surface area contributed by atoms with Crippen molar-refractivity contribution in [1.29, 1.82) is 0 Å². The van der Waals surface area contributed by atoms with Crippen LogP contribution in [0.3, 0.4) is 0 Å². The van der Waals surface area contributed by atoms with Crippen molar-refractivity contribution in [2.75, 3.05) is 0 Å². The minimum absolute atomic E-state index is 0.0789. The largest absolute Gasteiger partial charge is 0.281 e. The van der Waals surface area contributed by atoms with E-state index >= 15 is 0 Å². The summed E-state index contributed by atoms with van der Waals surface area (Å²) in [5, 5.41) is 21.1. The van der Waals surface area contributed by atoms with Crippen LogP contribution < -0.4 is 0 Å². The van der Waals surface area contributed by atoms with Crippen LogP contribution in [0, 0.1) is 20.2 Å². The maximum atomic E-state index is 12.1. The number of thioether (sulfide) groups is 1. The lowest BCUT2D eigenvalue weighted by molar-refractivity contribution is -0.394.